The van der Waals surface area contributed by atoms with Crippen LogP contribution in [0.3, 0.4) is 0 Å². The third kappa shape index (κ3) is 4.29. The molecule has 0 bridgehead atoms. The Labute approximate surface area is 159 Å². The van der Waals surface area contributed by atoms with Gasteiger partial charge in [-0.15, -0.1) is 0 Å². The summed E-state index contributed by atoms with van der Waals surface area (Å²) in [6.07, 6.45) is 0. The lowest BCUT2D eigenvalue weighted by molar-refractivity contribution is 0.0625. The number of rotatable bonds is 5. The quantitative estimate of drug-likeness (QED) is 0.805. The molecule has 0 saturated carbocycles. The predicted molar refractivity (Wildman–Crippen MR) is 102 cm³/mol. The Kier molecular flexibility index (Phi) is 6.01. The smallest absolute Gasteiger partial charge is 0.257 e. The van der Waals surface area contributed by atoms with E-state index in [4.69, 9.17) is 21.1 Å². The van der Waals surface area contributed by atoms with Crippen LogP contribution in [0, 0.1) is 0 Å². The average Bonchev–Trinajstić information content (AvgIpc) is 2.67. The number of benzene rings is 2. The summed E-state index contributed by atoms with van der Waals surface area (Å²) in [5.41, 5.74) is 1.76. The molecule has 1 aliphatic rings. The number of methoxy groups -OCH3 is 2. The van der Waals surface area contributed by atoms with Crippen LogP contribution in [-0.4, -0.2) is 56.1 Å². The number of hydrogen-bond acceptors (Lipinski definition) is 4. The van der Waals surface area contributed by atoms with Crippen molar-refractivity contribution in [3.8, 4) is 11.5 Å². The van der Waals surface area contributed by atoms with Crippen LogP contribution >= 0.6 is 11.6 Å². The number of piperazine rings is 1. The van der Waals surface area contributed by atoms with Gasteiger partial charge in [0.25, 0.3) is 5.91 Å². The summed E-state index contributed by atoms with van der Waals surface area (Å²) in [5.74, 6) is 1.20. The lowest BCUT2D eigenvalue weighted by atomic mass is 10.1. The van der Waals surface area contributed by atoms with Crippen molar-refractivity contribution in [2.75, 3.05) is 40.4 Å². The molecule has 3 rings (SSSR count). The first-order valence-electron chi connectivity index (χ1n) is 8.59. The van der Waals surface area contributed by atoms with E-state index in [2.05, 4.69) is 11.0 Å². The second kappa shape index (κ2) is 8.43. The van der Waals surface area contributed by atoms with Gasteiger partial charge in [0, 0.05) is 43.8 Å². The fourth-order valence-electron chi connectivity index (χ4n) is 3.15. The normalized spacial score (nSPS) is 15.0. The van der Waals surface area contributed by atoms with Crippen molar-refractivity contribution in [2.45, 2.75) is 6.54 Å². The standard InChI is InChI=1S/C20H23ClN2O3/c1-25-17-6-7-18(19(13-17)26-2)20(24)23-10-8-22(9-11-23)14-15-4-3-5-16(21)12-15/h3-7,12-13H,8-11,14H2,1-2H3. The minimum absolute atomic E-state index is 0.00749. The van der Waals surface area contributed by atoms with Gasteiger partial charge in [0.15, 0.2) is 0 Å². The predicted octanol–water partition coefficient (Wildman–Crippen LogP) is 3.32. The molecular formula is C20H23ClN2O3. The van der Waals surface area contributed by atoms with Crippen LogP contribution in [0.2, 0.25) is 5.02 Å². The molecule has 0 spiro atoms. The monoisotopic (exact) mass is 374 g/mol. The zero-order valence-corrected chi connectivity index (χ0v) is 15.8. The number of nitrogens with zero attached hydrogens (tertiary/aromatic N) is 2. The Bertz CT molecular complexity index is 773. The van der Waals surface area contributed by atoms with Gasteiger partial charge in [-0.1, -0.05) is 23.7 Å². The van der Waals surface area contributed by atoms with Crippen molar-refractivity contribution in [1.82, 2.24) is 9.80 Å². The van der Waals surface area contributed by atoms with Gasteiger partial charge in [0.2, 0.25) is 0 Å². The molecule has 26 heavy (non-hydrogen) atoms. The van der Waals surface area contributed by atoms with E-state index in [1.807, 2.05) is 23.1 Å². The first kappa shape index (κ1) is 18.5. The summed E-state index contributed by atoms with van der Waals surface area (Å²) in [5, 5.41) is 0.753. The van der Waals surface area contributed by atoms with E-state index in [0.717, 1.165) is 24.7 Å². The molecule has 1 heterocycles. The maximum absolute atomic E-state index is 12.9. The molecular weight excluding hydrogens is 352 g/mol. The molecule has 0 atom stereocenters. The molecule has 138 valence electrons. The highest BCUT2D eigenvalue weighted by atomic mass is 35.5. The van der Waals surface area contributed by atoms with Crippen LogP contribution in [0.1, 0.15) is 15.9 Å². The van der Waals surface area contributed by atoms with E-state index < -0.39 is 0 Å². The SMILES string of the molecule is COc1ccc(C(=O)N2CCN(Cc3cccc(Cl)c3)CC2)c(OC)c1. The van der Waals surface area contributed by atoms with Crippen molar-refractivity contribution in [1.29, 1.82) is 0 Å². The molecule has 1 fully saturated rings. The van der Waals surface area contributed by atoms with E-state index >= 15 is 0 Å². The van der Waals surface area contributed by atoms with Gasteiger partial charge in [-0.05, 0) is 29.8 Å². The number of carbonyl (C=O) groups excluding carboxylic acids is 1. The fourth-order valence-corrected chi connectivity index (χ4v) is 3.36. The van der Waals surface area contributed by atoms with Crippen LogP contribution in [0.15, 0.2) is 42.5 Å². The van der Waals surface area contributed by atoms with Gasteiger partial charge in [-0.25, -0.2) is 0 Å². The van der Waals surface area contributed by atoms with Crippen LogP contribution < -0.4 is 9.47 Å². The van der Waals surface area contributed by atoms with Crippen LogP contribution in [0.5, 0.6) is 11.5 Å². The molecule has 0 aliphatic carbocycles. The third-order valence-electron chi connectivity index (χ3n) is 4.59. The highest BCUT2D eigenvalue weighted by Crippen LogP contribution is 2.26. The van der Waals surface area contributed by atoms with E-state index in [9.17, 15) is 4.79 Å². The highest BCUT2D eigenvalue weighted by Gasteiger charge is 2.24. The van der Waals surface area contributed by atoms with Crippen molar-refractivity contribution in [3.05, 3.63) is 58.6 Å². The third-order valence-corrected chi connectivity index (χ3v) is 4.83. The number of halogens is 1. The van der Waals surface area contributed by atoms with E-state index in [1.165, 1.54) is 5.56 Å². The lowest BCUT2D eigenvalue weighted by Gasteiger charge is -2.35. The minimum Gasteiger partial charge on any atom is -0.497 e. The molecule has 0 aromatic heterocycles. The number of hydrogen-bond donors (Lipinski definition) is 0. The van der Waals surface area contributed by atoms with E-state index in [-0.39, 0.29) is 5.91 Å². The van der Waals surface area contributed by atoms with Crippen LogP contribution in [0.4, 0.5) is 0 Å². The summed E-state index contributed by atoms with van der Waals surface area (Å²) in [7, 11) is 3.16. The summed E-state index contributed by atoms with van der Waals surface area (Å²) in [6, 6.07) is 13.2. The second-order valence-electron chi connectivity index (χ2n) is 6.26. The average molecular weight is 375 g/mol. The first-order chi connectivity index (χ1) is 12.6. The molecule has 0 radical (unpaired) electrons. The number of ether oxygens (including phenoxy) is 2. The minimum atomic E-state index is -0.00749. The molecule has 6 heteroatoms. The van der Waals surface area contributed by atoms with Crippen molar-refractivity contribution in [2.24, 2.45) is 0 Å². The maximum Gasteiger partial charge on any atom is 0.257 e. The molecule has 1 amide bonds. The molecule has 0 unspecified atom stereocenters. The summed E-state index contributed by atoms with van der Waals surface area (Å²) in [6.45, 7) is 3.88. The van der Waals surface area contributed by atoms with Crippen molar-refractivity contribution in [3.63, 3.8) is 0 Å². The number of amides is 1. The molecule has 0 N–H and O–H groups in total. The Morgan fingerprint density at radius 1 is 1.04 bits per heavy atom. The van der Waals surface area contributed by atoms with Gasteiger partial charge >= 0.3 is 0 Å². The molecule has 2 aromatic rings. The summed E-state index contributed by atoms with van der Waals surface area (Å²) in [4.78, 5) is 17.1. The molecule has 1 aliphatic heterocycles. The van der Waals surface area contributed by atoms with Gasteiger partial charge < -0.3 is 14.4 Å². The Balaban J connectivity index is 1.62. The van der Waals surface area contributed by atoms with Crippen LogP contribution in [0.25, 0.3) is 0 Å². The van der Waals surface area contributed by atoms with Gasteiger partial charge in [-0.2, -0.15) is 0 Å². The topological polar surface area (TPSA) is 42.0 Å². The molecule has 5 nitrogen and oxygen atoms in total. The zero-order chi connectivity index (χ0) is 18.5. The molecule has 1 saturated heterocycles. The highest BCUT2D eigenvalue weighted by molar-refractivity contribution is 6.30. The van der Waals surface area contributed by atoms with Gasteiger partial charge in [0.1, 0.15) is 11.5 Å². The largest absolute Gasteiger partial charge is 0.497 e. The summed E-state index contributed by atoms with van der Waals surface area (Å²) >= 11 is 6.05. The van der Waals surface area contributed by atoms with Gasteiger partial charge in [-0.3, -0.25) is 9.69 Å². The first-order valence-corrected chi connectivity index (χ1v) is 8.96. The zero-order valence-electron chi connectivity index (χ0n) is 15.1. The van der Waals surface area contributed by atoms with Crippen LogP contribution in [-0.2, 0) is 6.54 Å². The summed E-state index contributed by atoms with van der Waals surface area (Å²) < 4.78 is 10.6. The van der Waals surface area contributed by atoms with E-state index in [0.29, 0.717) is 30.2 Å². The van der Waals surface area contributed by atoms with E-state index in [1.54, 1.807) is 32.4 Å². The van der Waals surface area contributed by atoms with Gasteiger partial charge in [0.05, 0.1) is 19.8 Å². The Morgan fingerprint density at radius 2 is 1.81 bits per heavy atom. The number of carbonyl (C=O) groups is 1. The van der Waals surface area contributed by atoms with Crippen molar-refractivity contribution >= 4 is 17.5 Å². The Hall–Kier alpha value is -2.24. The molecule has 2 aromatic carbocycles. The second-order valence-corrected chi connectivity index (χ2v) is 6.70. The fraction of sp³-hybridized carbons (Fsp3) is 0.350. The maximum atomic E-state index is 12.9. The Morgan fingerprint density at radius 3 is 2.46 bits per heavy atom. The van der Waals surface area contributed by atoms with Crippen molar-refractivity contribution < 1.29 is 14.3 Å². The lowest BCUT2D eigenvalue weighted by Crippen LogP contribution is -2.48.